The summed E-state index contributed by atoms with van der Waals surface area (Å²) in [5.41, 5.74) is 1.83. The second-order valence-electron chi connectivity index (χ2n) is 7.74. The number of carbonyl (C=O) groups is 2. The molecule has 0 bridgehead atoms. The predicted octanol–water partition coefficient (Wildman–Crippen LogP) is 3.33. The molecule has 1 aromatic heterocycles. The summed E-state index contributed by atoms with van der Waals surface area (Å²) in [7, 11) is 0. The Bertz CT molecular complexity index is 1180. The maximum atomic E-state index is 12.9. The minimum absolute atomic E-state index is 0.142. The Morgan fingerprint density at radius 2 is 1.58 bits per heavy atom. The van der Waals surface area contributed by atoms with Crippen molar-refractivity contribution < 1.29 is 9.59 Å². The van der Waals surface area contributed by atoms with Gasteiger partial charge in [-0.2, -0.15) is 5.10 Å². The molecule has 3 aromatic rings. The topological polar surface area (TPSA) is 87.5 Å². The molecule has 0 atom stereocenters. The summed E-state index contributed by atoms with van der Waals surface area (Å²) in [5.74, 6) is -0.199. The van der Waals surface area contributed by atoms with E-state index in [0.29, 0.717) is 49.0 Å². The molecule has 1 N–H and O–H groups in total. The lowest BCUT2D eigenvalue weighted by atomic mass is 10.1. The average molecular weight is 466 g/mol. The third-order valence-corrected chi connectivity index (χ3v) is 5.70. The van der Waals surface area contributed by atoms with Crippen molar-refractivity contribution in [2.45, 2.75) is 13.0 Å². The number of halogens is 1. The first-order valence-electron chi connectivity index (χ1n) is 10.7. The number of nitrogens with one attached hydrogen (secondary N) is 1. The normalized spacial score (nSPS) is 14.0. The summed E-state index contributed by atoms with van der Waals surface area (Å²) in [6, 6.07) is 19.2. The first kappa shape index (κ1) is 22.5. The number of aromatic nitrogens is 2. The van der Waals surface area contributed by atoms with Crippen LogP contribution in [0.5, 0.6) is 0 Å². The van der Waals surface area contributed by atoms with Crippen LogP contribution < -0.4 is 10.9 Å². The zero-order valence-electron chi connectivity index (χ0n) is 18.0. The van der Waals surface area contributed by atoms with Crippen LogP contribution in [-0.2, 0) is 11.3 Å². The van der Waals surface area contributed by atoms with Gasteiger partial charge in [-0.1, -0.05) is 41.9 Å². The zero-order chi connectivity index (χ0) is 23.2. The van der Waals surface area contributed by atoms with Crippen molar-refractivity contribution in [2.75, 3.05) is 31.5 Å². The Balaban J connectivity index is 1.37. The lowest BCUT2D eigenvalue weighted by Gasteiger charge is -2.22. The SMILES string of the molecule is O=C(Cn1nc(-c2ccccc2)ccc1=O)N1CCCN(C(=O)Nc2ccc(Cl)cc2)CC1. The second kappa shape index (κ2) is 10.3. The fourth-order valence-electron chi connectivity index (χ4n) is 3.66. The third-order valence-electron chi connectivity index (χ3n) is 5.45. The zero-order valence-corrected chi connectivity index (χ0v) is 18.7. The molecule has 3 amide bonds. The van der Waals surface area contributed by atoms with E-state index < -0.39 is 0 Å². The van der Waals surface area contributed by atoms with E-state index >= 15 is 0 Å². The van der Waals surface area contributed by atoms with Gasteiger partial charge >= 0.3 is 6.03 Å². The van der Waals surface area contributed by atoms with Gasteiger partial charge in [-0.05, 0) is 36.8 Å². The largest absolute Gasteiger partial charge is 0.339 e. The predicted molar refractivity (Wildman–Crippen MR) is 127 cm³/mol. The molecule has 1 aliphatic rings. The number of benzene rings is 2. The van der Waals surface area contributed by atoms with Gasteiger partial charge in [-0.25, -0.2) is 9.48 Å². The molecule has 4 rings (SSSR count). The maximum absolute atomic E-state index is 12.9. The Labute approximate surface area is 196 Å². The lowest BCUT2D eigenvalue weighted by molar-refractivity contribution is -0.132. The van der Waals surface area contributed by atoms with Gasteiger partial charge in [0.15, 0.2) is 0 Å². The van der Waals surface area contributed by atoms with Crippen molar-refractivity contribution in [1.29, 1.82) is 0 Å². The molecule has 0 radical (unpaired) electrons. The standard InChI is InChI=1S/C24H24ClN5O3/c25-19-7-9-20(10-8-19)26-24(33)29-14-4-13-28(15-16-29)23(32)17-30-22(31)12-11-21(27-30)18-5-2-1-3-6-18/h1-3,5-12H,4,13-17H2,(H,26,33). The molecule has 1 saturated heterocycles. The van der Waals surface area contributed by atoms with E-state index in [1.165, 1.54) is 10.7 Å². The third kappa shape index (κ3) is 5.78. The van der Waals surface area contributed by atoms with Crippen LogP contribution in [0.1, 0.15) is 6.42 Å². The minimum atomic E-state index is -0.332. The van der Waals surface area contributed by atoms with Crippen molar-refractivity contribution in [1.82, 2.24) is 19.6 Å². The molecular formula is C24H24ClN5O3. The van der Waals surface area contributed by atoms with Crippen LogP contribution >= 0.6 is 11.6 Å². The molecule has 0 aliphatic carbocycles. The van der Waals surface area contributed by atoms with Crippen LogP contribution in [0.3, 0.4) is 0 Å². The first-order valence-corrected chi connectivity index (χ1v) is 11.1. The highest BCUT2D eigenvalue weighted by atomic mass is 35.5. The number of nitrogens with zero attached hydrogens (tertiary/aromatic N) is 4. The maximum Gasteiger partial charge on any atom is 0.321 e. The molecule has 2 aromatic carbocycles. The van der Waals surface area contributed by atoms with E-state index in [1.807, 2.05) is 30.3 Å². The van der Waals surface area contributed by atoms with Gasteiger partial charge in [0.2, 0.25) is 5.91 Å². The molecule has 1 fully saturated rings. The Morgan fingerprint density at radius 3 is 2.33 bits per heavy atom. The lowest BCUT2D eigenvalue weighted by Crippen LogP contribution is -2.41. The van der Waals surface area contributed by atoms with Crippen molar-refractivity contribution in [2.24, 2.45) is 0 Å². The van der Waals surface area contributed by atoms with E-state index in [1.54, 1.807) is 40.1 Å². The highest BCUT2D eigenvalue weighted by Gasteiger charge is 2.23. The quantitative estimate of drug-likeness (QED) is 0.640. The summed E-state index contributed by atoms with van der Waals surface area (Å²) in [4.78, 5) is 41.2. The number of carbonyl (C=O) groups excluding carboxylic acids is 2. The van der Waals surface area contributed by atoms with Gasteiger partial charge in [-0.3, -0.25) is 9.59 Å². The molecule has 0 unspecified atom stereocenters. The summed E-state index contributed by atoms with van der Waals surface area (Å²) >= 11 is 5.89. The molecule has 0 spiro atoms. The highest BCUT2D eigenvalue weighted by molar-refractivity contribution is 6.30. The summed E-state index contributed by atoms with van der Waals surface area (Å²) in [6.45, 7) is 1.69. The van der Waals surface area contributed by atoms with Gasteiger partial charge in [0.1, 0.15) is 6.54 Å². The van der Waals surface area contributed by atoms with Crippen LogP contribution in [0.2, 0.25) is 5.02 Å². The fourth-order valence-corrected chi connectivity index (χ4v) is 3.78. The molecular weight excluding hydrogens is 442 g/mol. The average Bonchev–Trinajstić information content (AvgIpc) is 3.09. The molecule has 33 heavy (non-hydrogen) atoms. The van der Waals surface area contributed by atoms with Crippen molar-refractivity contribution in [3.8, 4) is 11.3 Å². The van der Waals surface area contributed by atoms with E-state index in [2.05, 4.69) is 10.4 Å². The van der Waals surface area contributed by atoms with E-state index in [-0.39, 0.29) is 24.0 Å². The number of anilines is 1. The van der Waals surface area contributed by atoms with Crippen LogP contribution in [-0.4, -0.2) is 57.7 Å². The van der Waals surface area contributed by atoms with Crippen LogP contribution in [0.15, 0.2) is 71.5 Å². The van der Waals surface area contributed by atoms with E-state index in [9.17, 15) is 14.4 Å². The number of hydrogen-bond donors (Lipinski definition) is 1. The molecule has 9 heteroatoms. The van der Waals surface area contributed by atoms with Gasteiger partial charge < -0.3 is 15.1 Å². The van der Waals surface area contributed by atoms with Gasteiger partial charge in [-0.15, -0.1) is 0 Å². The molecule has 170 valence electrons. The summed E-state index contributed by atoms with van der Waals surface area (Å²) in [5, 5.41) is 7.82. The Hall–Kier alpha value is -3.65. The smallest absolute Gasteiger partial charge is 0.321 e. The monoisotopic (exact) mass is 465 g/mol. The van der Waals surface area contributed by atoms with Crippen LogP contribution in [0.25, 0.3) is 11.3 Å². The minimum Gasteiger partial charge on any atom is -0.339 e. The number of rotatable bonds is 4. The van der Waals surface area contributed by atoms with E-state index in [4.69, 9.17) is 11.6 Å². The van der Waals surface area contributed by atoms with E-state index in [0.717, 1.165) is 5.56 Å². The number of urea groups is 1. The first-order chi connectivity index (χ1) is 16.0. The fraction of sp³-hybridized carbons (Fsp3) is 0.250. The molecule has 0 saturated carbocycles. The van der Waals surface area contributed by atoms with Gasteiger partial charge in [0.05, 0.1) is 5.69 Å². The van der Waals surface area contributed by atoms with Crippen LogP contribution in [0, 0.1) is 0 Å². The molecule has 2 heterocycles. The van der Waals surface area contributed by atoms with Gasteiger partial charge in [0.25, 0.3) is 5.56 Å². The Kier molecular flexibility index (Phi) is 7.04. The second-order valence-corrected chi connectivity index (χ2v) is 8.18. The summed E-state index contributed by atoms with van der Waals surface area (Å²) < 4.78 is 1.20. The van der Waals surface area contributed by atoms with Crippen LogP contribution in [0.4, 0.5) is 10.5 Å². The highest BCUT2D eigenvalue weighted by Crippen LogP contribution is 2.16. The number of hydrogen-bond acceptors (Lipinski definition) is 4. The molecule has 1 aliphatic heterocycles. The van der Waals surface area contributed by atoms with Crippen molar-refractivity contribution >= 4 is 29.2 Å². The Morgan fingerprint density at radius 1 is 0.879 bits per heavy atom. The number of amides is 3. The molecule has 8 nitrogen and oxygen atoms in total. The van der Waals surface area contributed by atoms with Crippen molar-refractivity contribution in [3.05, 3.63) is 82.1 Å². The van der Waals surface area contributed by atoms with Gasteiger partial charge in [0, 0.05) is 48.5 Å². The summed E-state index contributed by atoms with van der Waals surface area (Å²) in [6.07, 6.45) is 0.645. The van der Waals surface area contributed by atoms with Crippen molar-refractivity contribution in [3.63, 3.8) is 0 Å².